The predicted molar refractivity (Wildman–Crippen MR) is 79.9 cm³/mol. The molecule has 0 unspecified atom stereocenters. The zero-order chi connectivity index (χ0) is 15.6. The van der Waals surface area contributed by atoms with E-state index in [1.165, 1.54) is 13.2 Å². The molecule has 108 valence electrons. The second-order valence-corrected chi connectivity index (χ2v) is 4.90. The molecular formula is C16H13ClO4. The lowest BCUT2D eigenvalue weighted by Gasteiger charge is -2.10. The van der Waals surface area contributed by atoms with Gasteiger partial charge in [0.05, 0.1) is 23.3 Å². The molecule has 5 heteroatoms. The number of aromatic carboxylic acids is 1. The topological polar surface area (TPSA) is 63.6 Å². The Bertz CT molecular complexity index is 722. The molecule has 2 rings (SSSR count). The Morgan fingerprint density at radius 1 is 1.19 bits per heavy atom. The fourth-order valence-electron chi connectivity index (χ4n) is 2.15. The summed E-state index contributed by atoms with van der Waals surface area (Å²) < 4.78 is 4.63. The normalized spacial score (nSPS) is 10.2. The molecular weight excluding hydrogens is 292 g/mol. The van der Waals surface area contributed by atoms with Crippen molar-refractivity contribution < 1.29 is 19.4 Å². The lowest BCUT2D eigenvalue weighted by atomic mass is 9.95. The van der Waals surface area contributed by atoms with Crippen LogP contribution < -0.4 is 0 Å². The molecule has 0 saturated heterocycles. The molecule has 0 saturated carbocycles. The van der Waals surface area contributed by atoms with Gasteiger partial charge in [0.15, 0.2) is 0 Å². The first-order valence-electron chi connectivity index (χ1n) is 6.17. The molecule has 0 atom stereocenters. The number of carbonyl (C=O) groups is 2. The van der Waals surface area contributed by atoms with E-state index in [1.54, 1.807) is 37.3 Å². The fourth-order valence-corrected chi connectivity index (χ4v) is 2.41. The maximum absolute atomic E-state index is 11.5. The number of carboxylic acid groups (broad SMARTS) is 1. The minimum absolute atomic E-state index is 0.220. The number of aryl methyl sites for hydroxylation is 1. The molecule has 21 heavy (non-hydrogen) atoms. The van der Waals surface area contributed by atoms with Gasteiger partial charge in [0.25, 0.3) is 0 Å². The smallest absolute Gasteiger partial charge is 0.339 e. The van der Waals surface area contributed by atoms with E-state index in [4.69, 9.17) is 11.6 Å². The van der Waals surface area contributed by atoms with Crippen molar-refractivity contribution in [3.63, 3.8) is 0 Å². The maximum atomic E-state index is 11.5. The predicted octanol–water partition coefficient (Wildman–Crippen LogP) is 3.80. The molecule has 0 aromatic heterocycles. The molecule has 0 amide bonds. The van der Waals surface area contributed by atoms with Crippen molar-refractivity contribution in [3.8, 4) is 11.1 Å². The summed E-state index contributed by atoms with van der Waals surface area (Å²) in [5.74, 6) is -1.54. The van der Waals surface area contributed by atoms with Crippen LogP contribution in [-0.4, -0.2) is 24.2 Å². The summed E-state index contributed by atoms with van der Waals surface area (Å²) in [5.41, 5.74) is 2.31. The Labute approximate surface area is 126 Å². The largest absolute Gasteiger partial charge is 0.478 e. The van der Waals surface area contributed by atoms with Crippen molar-refractivity contribution in [1.82, 2.24) is 0 Å². The van der Waals surface area contributed by atoms with Crippen LogP contribution >= 0.6 is 11.6 Å². The highest BCUT2D eigenvalue weighted by molar-refractivity contribution is 6.33. The van der Waals surface area contributed by atoms with Gasteiger partial charge in [-0.1, -0.05) is 35.9 Å². The Kier molecular flexibility index (Phi) is 4.29. The van der Waals surface area contributed by atoms with Crippen molar-refractivity contribution in [3.05, 3.63) is 58.1 Å². The minimum atomic E-state index is -1.00. The van der Waals surface area contributed by atoms with Gasteiger partial charge in [0.1, 0.15) is 0 Å². The molecule has 0 heterocycles. The van der Waals surface area contributed by atoms with Gasteiger partial charge >= 0.3 is 11.9 Å². The number of esters is 1. The van der Waals surface area contributed by atoms with Crippen LogP contribution in [-0.2, 0) is 4.74 Å². The highest BCUT2D eigenvalue weighted by atomic mass is 35.5. The molecule has 0 aliphatic rings. The molecule has 0 fully saturated rings. The van der Waals surface area contributed by atoms with E-state index in [0.29, 0.717) is 16.7 Å². The van der Waals surface area contributed by atoms with Gasteiger partial charge in [-0.25, -0.2) is 9.59 Å². The monoisotopic (exact) mass is 304 g/mol. The van der Waals surface area contributed by atoms with Crippen LogP contribution in [0.15, 0.2) is 36.4 Å². The Balaban J connectivity index is 2.59. The van der Waals surface area contributed by atoms with Crippen molar-refractivity contribution in [2.75, 3.05) is 7.11 Å². The van der Waals surface area contributed by atoms with Crippen molar-refractivity contribution >= 4 is 23.5 Å². The minimum Gasteiger partial charge on any atom is -0.478 e. The third-order valence-electron chi connectivity index (χ3n) is 3.17. The molecule has 0 aliphatic heterocycles. The average molecular weight is 305 g/mol. The standard InChI is InChI=1S/C16H13ClO4/c1-9-4-3-5-11(14(9)15(18)19)10-6-7-12(13(17)8-10)16(20)21-2/h3-8H,1-2H3,(H,18,19). The Hall–Kier alpha value is -2.33. The average Bonchev–Trinajstić information content (AvgIpc) is 2.45. The number of halogens is 1. The summed E-state index contributed by atoms with van der Waals surface area (Å²) in [6.45, 7) is 1.73. The zero-order valence-electron chi connectivity index (χ0n) is 11.5. The van der Waals surface area contributed by atoms with Gasteiger partial charge in [-0.3, -0.25) is 0 Å². The third kappa shape index (κ3) is 2.90. The summed E-state index contributed by atoms with van der Waals surface area (Å²) in [5, 5.41) is 9.57. The number of carboxylic acids is 1. The molecule has 4 nitrogen and oxygen atoms in total. The number of methoxy groups -OCH3 is 1. The summed E-state index contributed by atoms with van der Waals surface area (Å²) in [7, 11) is 1.27. The molecule has 2 aromatic rings. The number of carbonyl (C=O) groups excluding carboxylic acids is 1. The lowest BCUT2D eigenvalue weighted by molar-refractivity contribution is 0.0600. The number of ether oxygens (including phenoxy) is 1. The molecule has 1 N–H and O–H groups in total. The highest BCUT2D eigenvalue weighted by Crippen LogP contribution is 2.30. The van der Waals surface area contributed by atoms with Gasteiger partial charge in [-0.15, -0.1) is 0 Å². The van der Waals surface area contributed by atoms with Gasteiger partial charge in [0.2, 0.25) is 0 Å². The van der Waals surface area contributed by atoms with E-state index in [2.05, 4.69) is 4.74 Å². The van der Waals surface area contributed by atoms with Crippen LogP contribution in [0.3, 0.4) is 0 Å². The van der Waals surface area contributed by atoms with Crippen LogP contribution in [0.5, 0.6) is 0 Å². The van der Waals surface area contributed by atoms with E-state index >= 15 is 0 Å². The van der Waals surface area contributed by atoms with E-state index in [9.17, 15) is 14.7 Å². The zero-order valence-corrected chi connectivity index (χ0v) is 12.3. The second kappa shape index (κ2) is 5.97. The molecule has 0 radical (unpaired) electrons. The first-order chi connectivity index (χ1) is 9.95. The molecule has 0 spiro atoms. The summed E-state index contributed by atoms with van der Waals surface area (Å²) >= 11 is 6.08. The van der Waals surface area contributed by atoms with Gasteiger partial charge in [-0.05, 0) is 35.7 Å². The number of benzene rings is 2. The number of hydrogen-bond acceptors (Lipinski definition) is 3. The van der Waals surface area contributed by atoms with Gasteiger partial charge in [0, 0.05) is 0 Å². The Morgan fingerprint density at radius 2 is 1.90 bits per heavy atom. The van der Waals surface area contributed by atoms with Crippen LogP contribution in [0.2, 0.25) is 5.02 Å². The van der Waals surface area contributed by atoms with Crippen molar-refractivity contribution in [1.29, 1.82) is 0 Å². The third-order valence-corrected chi connectivity index (χ3v) is 3.48. The SMILES string of the molecule is COC(=O)c1ccc(-c2cccc(C)c2C(=O)O)cc1Cl. The van der Waals surface area contributed by atoms with E-state index in [1.807, 2.05) is 0 Å². The van der Waals surface area contributed by atoms with Crippen molar-refractivity contribution in [2.45, 2.75) is 6.92 Å². The quantitative estimate of drug-likeness (QED) is 0.876. The van der Waals surface area contributed by atoms with E-state index in [0.717, 1.165) is 0 Å². The summed E-state index contributed by atoms with van der Waals surface area (Å²) in [6, 6.07) is 9.96. The fraction of sp³-hybridized carbons (Fsp3) is 0.125. The first kappa shape index (κ1) is 15.1. The first-order valence-corrected chi connectivity index (χ1v) is 6.54. The van der Waals surface area contributed by atoms with E-state index < -0.39 is 11.9 Å². The van der Waals surface area contributed by atoms with Crippen LogP contribution in [0.1, 0.15) is 26.3 Å². The molecule has 0 aliphatic carbocycles. The lowest BCUT2D eigenvalue weighted by Crippen LogP contribution is -2.04. The Morgan fingerprint density at radius 3 is 2.48 bits per heavy atom. The van der Waals surface area contributed by atoms with E-state index in [-0.39, 0.29) is 16.1 Å². The van der Waals surface area contributed by atoms with Crippen molar-refractivity contribution in [2.24, 2.45) is 0 Å². The van der Waals surface area contributed by atoms with Gasteiger partial charge in [-0.2, -0.15) is 0 Å². The van der Waals surface area contributed by atoms with Crippen LogP contribution in [0.4, 0.5) is 0 Å². The molecule has 2 aromatic carbocycles. The number of rotatable bonds is 3. The van der Waals surface area contributed by atoms with Gasteiger partial charge < -0.3 is 9.84 Å². The maximum Gasteiger partial charge on any atom is 0.339 e. The second-order valence-electron chi connectivity index (χ2n) is 4.49. The van der Waals surface area contributed by atoms with Crippen LogP contribution in [0.25, 0.3) is 11.1 Å². The van der Waals surface area contributed by atoms with Crippen LogP contribution in [0, 0.1) is 6.92 Å². The summed E-state index contributed by atoms with van der Waals surface area (Å²) in [6.07, 6.45) is 0. The highest BCUT2D eigenvalue weighted by Gasteiger charge is 2.17. The summed E-state index contributed by atoms with van der Waals surface area (Å²) in [4.78, 5) is 22.9. The number of hydrogen-bond donors (Lipinski definition) is 1. The molecule has 0 bridgehead atoms.